The number of carbonyl (C=O) groups is 1. The highest BCUT2D eigenvalue weighted by molar-refractivity contribution is 5.80. The molecule has 1 fully saturated rings. The molecule has 0 bridgehead atoms. The zero-order valence-corrected chi connectivity index (χ0v) is 5.39. The SMILES string of the molecule is C=CC[C@@H]1CCNC1=O. The van der Waals surface area contributed by atoms with Gasteiger partial charge in [0.15, 0.2) is 0 Å². The van der Waals surface area contributed by atoms with Gasteiger partial charge in [-0.3, -0.25) is 4.79 Å². The maximum Gasteiger partial charge on any atom is 0.223 e. The van der Waals surface area contributed by atoms with E-state index in [1.807, 2.05) is 0 Å². The summed E-state index contributed by atoms with van der Waals surface area (Å²) in [5, 5.41) is 2.77. The van der Waals surface area contributed by atoms with E-state index in [-0.39, 0.29) is 11.8 Å². The first-order valence-electron chi connectivity index (χ1n) is 3.23. The molecule has 0 aliphatic carbocycles. The number of allylic oxidation sites excluding steroid dienone is 1. The van der Waals surface area contributed by atoms with Crippen molar-refractivity contribution in [2.45, 2.75) is 12.8 Å². The van der Waals surface area contributed by atoms with Gasteiger partial charge >= 0.3 is 0 Å². The van der Waals surface area contributed by atoms with Gasteiger partial charge in [0.25, 0.3) is 0 Å². The first-order chi connectivity index (χ1) is 4.34. The van der Waals surface area contributed by atoms with Crippen LogP contribution in [0.3, 0.4) is 0 Å². The van der Waals surface area contributed by atoms with Crippen LogP contribution in [0.2, 0.25) is 0 Å². The van der Waals surface area contributed by atoms with Crippen molar-refractivity contribution in [3.05, 3.63) is 12.7 Å². The molecule has 1 rings (SSSR count). The van der Waals surface area contributed by atoms with Crippen molar-refractivity contribution < 1.29 is 4.79 Å². The number of hydrogen-bond acceptors (Lipinski definition) is 1. The zero-order chi connectivity index (χ0) is 6.69. The standard InChI is InChI=1S/C7H11NO/c1-2-3-6-4-5-8-7(6)9/h2,6H,1,3-5H2,(H,8,9)/t6-/m1/s1. The third-order valence-electron chi connectivity index (χ3n) is 1.61. The van der Waals surface area contributed by atoms with E-state index in [0.717, 1.165) is 19.4 Å². The van der Waals surface area contributed by atoms with Crippen LogP contribution in [-0.2, 0) is 4.79 Å². The van der Waals surface area contributed by atoms with Gasteiger partial charge < -0.3 is 5.32 Å². The van der Waals surface area contributed by atoms with E-state index in [0.29, 0.717) is 0 Å². The molecule has 2 nitrogen and oxygen atoms in total. The van der Waals surface area contributed by atoms with E-state index in [1.165, 1.54) is 0 Å². The minimum absolute atomic E-state index is 0.190. The Labute approximate surface area is 54.9 Å². The number of rotatable bonds is 2. The number of amides is 1. The fourth-order valence-electron chi connectivity index (χ4n) is 1.07. The molecule has 1 aliphatic heterocycles. The lowest BCUT2D eigenvalue weighted by Gasteiger charge is -1.98. The second kappa shape index (κ2) is 2.67. The van der Waals surface area contributed by atoms with Crippen molar-refractivity contribution >= 4 is 5.91 Å². The quantitative estimate of drug-likeness (QED) is 0.541. The molecule has 1 saturated heterocycles. The average molecular weight is 125 g/mol. The molecule has 1 N–H and O–H groups in total. The Morgan fingerprint density at radius 1 is 1.89 bits per heavy atom. The molecule has 1 aliphatic rings. The third kappa shape index (κ3) is 1.31. The van der Waals surface area contributed by atoms with E-state index in [4.69, 9.17) is 0 Å². The maximum absolute atomic E-state index is 10.8. The fraction of sp³-hybridized carbons (Fsp3) is 0.571. The first-order valence-corrected chi connectivity index (χ1v) is 3.23. The van der Waals surface area contributed by atoms with Gasteiger partial charge in [-0.25, -0.2) is 0 Å². The van der Waals surface area contributed by atoms with Gasteiger partial charge in [-0.2, -0.15) is 0 Å². The molecule has 0 spiro atoms. The van der Waals surface area contributed by atoms with E-state index in [2.05, 4.69) is 11.9 Å². The molecule has 0 saturated carbocycles. The summed E-state index contributed by atoms with van der Waals surface area (Å²) in [5.74, 6) is 0.400. The van der Waals surface area contributed by atoms with Gasteiger partial charge in [0.1, 0.15) is 0 Å². The van der Waals surface area contributed by atoms with E-state index >= 15 is 0 Å². The molecule has 1 atom stereocenters. The fourth-order valence-corrected chi connectivity index (χ4v) is 1.07. The second-order valence-corrected chi connectivity index (χ2v) is 2.30. The van der Waals surface area contributed by atoms with Gasteiger partial charge in [-0.05, 0) is 12.8 Å². The normalized spacial score (nSPS) is 25.8. The van der Waals surface area contributed by atoms with E-state index < -0.39 is 0 Å². The van der Waals surface area contributed by atoms with Gasteiger partial charge in [0.2, 0.25) is 5.91 Å². The molecule has 1 amide bonds. The summed E-state index contributed by atoms with van der Waals surface area (Å²) in [4.78, 5) is 10.8. The molecule has 0 aromatic heterocycles. The molecule has 9 heavy (non-hydrogen) atoms. The minimum atomic E-state index is 0.190. The van der Waals surface area contributed by atoms with Gasteiger partial charge in [-0.1, -0.05) is 6.08 Å². The third-order valence-corrected chi connectivity index (χ3v) is 1.61. The maximum atomic E-state index is 10.8. The Morgan fingerprint density at radius 2 is 2.67 bits per heavy atom. The Hall–Kier alpha value is -0.790. The van der Waals surface area contributed by atoms with Crippen molar-refractivity contribution in [2.24, 2.45) is 5.92 Å². The highest BCUT2D eigenvalue weighted by Crippen LogP contribution is 2.13. The lowest BCUT2D eigenvalue weighted by atomic mass is 10.1. The van der Waals surface area contributed by atoms with Crippen LogP contribution in [0.5, 0.6) is 0 Å². The smallest absolute Gasteiger partial charge is 0.223 e. The van der Waals surface area contributed by atoms with Crippen LogP contribution in [0.15, 0.2) is 12.7 Å². The van der Waals surface area contributed by atoms with Crippen LogP contribution < -0.4 is 5.32 Å². The highest BCUT2D eigenvalue weighted by atomic mass is 16.2. The van der Waals surface area contributed by atoms with Crippen LogP contribution in [0.1, 0.15) is 12.8 Å². The zero-order valence-electron chi connectivity index (χ0n) is 5.39. The summed E-state index contributed by atoms with van der Waals surface area (Å²) in [5.41, 5.74) is 0. The van der Waals surface area contributed by atoms with Crippen LogP contribution in [-0.4, -0.2) is 12.5 Å². The van der Waals surface area contributed by atoms with Crippen LogP contribution in [0.4, 0.5) is 0 Å². The molecule has 2 heteroatoms. The lowest BCUT2D eigenvalue weighted by molar-refractivity contribution is -0.122. The highest BCUT2D eigenvalue weighted by Gasteiger charge is 2.21. The molecular formula is C7H11NO. The van der Waals surface area contributed by atoms with E-state index in [1.54, 1.807) is 6.08 Å². The molecule has 0 aromatic rings. The summed E-state index contributed by atoms with van der Waals surface area (Å²) in [7, 11) is 0. The summed E-state index contributed by atoms with van der Waals surface area (Å²) in [6.07, 6.45) is 3.60. The van der Waals surface area contributed by atoms with E-state index in [9.17, 15) is 4.79 Å². The first kappa shape index (κ1) is 6.33. The predicted octanol–water partition coefficient (Wildman–Crippen LogP) is 0.699. The van der Waals surface area contributed by atoms with Crippen LogP contribution >= 0.6 is 0 Å². The van der Waals surface area contributed by atoms with Gasteiger partial charge in [0, 0.05) is 12.5 Å². The number of nitrogens with one attached hydrogen (secondary N) is 1. The Balaban J connectivity index is 2.39. The summed E-state index contributed by atoms with van der Waals surface area (Å²) >= 11 is 0. The van der Waals surface area contributed by atoms with Crippen LogP contribution in [0.25, 0.3) is 0 Å². The lowest BCUT2D eigenvalue weighted by Crippen LogP contribution is -2.18. The largest absolute Gasteiger partial charge is 0.356 e. The van der Waals surface area contributed by atoms with Crippen molar-refractivity contribution in [3.63, 3.8) is 0 Å². The Morgan fingerprint density at radius 3 is 3.11 bits per heavy atom. The molecule has 0 aromatic carbocycles. The monoisotopic (exact) mass is 125 g/mol. The molecular weight excluding hydrogens is 114 g/mol. The molecule has 1 heterocycles. The average Bonchev–Trinajstić information content (AvgIpc) is 2.18. The van der Waals surface area contributed by atoms with Crippen molar-refractivity contribution in [1.29, 1.82) is 0 Å². The van der Waals surface area contributed by atoms with Crippen molar-refractivity contribution in [3.8, 4) is 0 Å². The minimum Gasteiger partial charge on any atom is -0.356 e. The predicted molar refractivity (Wildman–Crippen MR) is 35.9 cm³/mol. The molecule has 50 valence electrons. The Kier molecular flexibility index (Phi) is 1.88. The van der Waals surface area contributed by atoms with Crippen molar-refractivity contribution in [1.82, 2.24) is 5.32 Å². The molecule has 0 unspecified atom stereocenters. The second-order valence-electron chi connectivity index (χ2n) is 2.30. The number of carbonyl (C=O) groups excluding carboxylic acids is 1. The number of hydrogen-bond donors (Lipinski definition) is 1. The summed E-state index contributed by atoms with van der Waals surface area (Å²) in [6, 6.07) is 0. The topological polar surface area (TPSA) is 29.1 Å². The summed E-state index contributed by atoms with van der Waals surface area (Å²) < 4.78 is 0. The van der Waals surface area contributed by atoms with Gasteiger partial charge in [0.05, 0.1) is 0 Å². The Bertz CT molecular complexity index is 131. The van der Waals surface area contributed by atoms with Crippen molar-refractivity contribution in [2.75, 3.05) is 6.54 Å². The van der Waals surface area contributed by atoms with Gasteiger partial charge in [-0.15, -0.1) is 6.58 Å². The van der Waals surface area contributed by atoms with Crippen LogP contribution in [0, 0.1) is 5.92 Å². The molecule has 0 radical (unpaired) electrons. The summed E-state index contributed by atoms with van der Waals surface area (Å²) in [6.45, 7) is 4.42.